The lowest BCUT2D eigenvalue weighted by Gasteiger charge is -2.41. The molecule has 0 amide bonds. The molecule has 3 nitrogen and oxygen atoms in total. The highest BCUT2D eigenvalue weighted by Gasteiger charge is 2.44. The van der Waals surface area contributed by atoms with E-state index in [4.69, 9.17) is 5.73 Å². The molecule has 0 bridgehead atoms. The molecule has 16 heavy (non-hydrogen) atoms. The topological polar surface area (TPSA) is 53.0 Å². The molecule has 1 heterocycles. The summed E-state index contributed by atoms with van der Waals surface area (Å²) >= 11 is 0. The second-order valence-corrected chi connectivity index (χ2v) is 5.76. The van der Waals surface area contributed by atoms with Crippen LogP contribution in [0.4, 0.5) is 0 Å². The molecule has 3 atom stereocenters. The highest BCUT2D eigenvalue weighted by atomic mass is 15.2. The van der Waals surface area contributed by atoms with Gasteiger partial charge in [-0.2, -0.15) is 5.26 Å². The summed E-state index contributed by atoms with van der Waals surface area (Å²) in [7, 11) is 0. The first kappa shape index (κ1) is 11.9. The van der Waals surface area contributed by atoms with Crippen molar-refractivity contribution in [2.24, 2.45) is 17.6 Å². The van der Waals surface area contributed by atoms with Gasteiger partial charge in [0.2, 0.25) is 0 Å². The van der Waals surface area contributed by atoms with Crippen LogP contribution in [0.2, 0.25) is 0 Å². The van der Waals surface area contributed by atoms with Gasteiger partial charge in [0.05, 0.1) is 6.07 Å². The lowest BCUT2D eigenvalue weighted by atomic mass is 9.88. The average molecular weight is 221 g/mol. The molecule has 1 saturated carbocycles. The maximum atomic E-state index is 9.28. The predicted octanol–water partition coefficient (Wildman–Crippen LogP) is 1.74. The van der Waals surface area contributed by atoms with Gasteiger partial charge in [0.25, 0.3) is 0 Å². The first-order valence-electron chi connectivity index (χ1n) is 6.51. The zero-order valence-electron chi connectivity index (χ0n) is 10.4. The van der Waals surface area contributed by atoms with Crippen LogP contribution in [0.3, 0.4) is 0 Å². The molecule has 2 aliphatic rings. The first-order chi connectivity index (χ1) is 7.57. The molecule has 1 aliphatic carbocycles. The third-order valence-electron chi connectivity index (χ3n) is 4.48. The molecule has 2 N–H and O–H groups in total. The molecule has 3 unspecified atom stereocenters. The summed E-state index contributed by atoms with van der Waals surface area (Å²) in [5.74, 6) is 1.18. The summed E-state index contributed by atoms with van der Waals surface area (Å²) in [6, 6.07) is 2.93. The fourth-order valence-electron chi connectivity index (χ4n) is 2.83. The minimum Gasteiger partial charge on any atom is -0.312 e. The SMILES string of the molecule is CC1CCCN(CC(N)(C#N)C2CC2)C1C. The van der Waals surface area contributed by atoms with Crippen molar-refractivity contribution in [3.63, 3.8) is 0 Å². The molecule has 0 aromatic carbocycles. The number of nitrogens with zero attached hydrogens (tertiary/aromatic N) is 2. The van der Waals surface area contributed by atoms with Crippen molar-refractivity contribution in [3.8, 4) is 6.07 Å². The van der Waals surface area contributed by atoms with Crippen molar-refractivity contribution in [2.45, 2.75) is 51.1 Å². The van der Waals surface area contributed by atoms with E-state index in [9.17, 15) is 5.26 Å². The summed E-state index contributed by atoms with van der Waals surface area (Å²) in [4.78, 5) is 2.43. The zero-order chi connectivity index (χ0) is 11.8. The monoisotopic (exact) mass is 221 g/mol. The molecule has 0 radical (unpaired) electrons. The molecule has 2 rings (SSSR count). The van der Waals surface area contributed by atoms with Crippen LogP contribution >= 0.6 is 0 Å². The maximum absolute atomic E-state index is 9.28. The van der Waals surface area contributed by atoms with Gasteiger partial charge in [-0.25, -0.2) is 0 Å². The molecule has 90 valence electrons. The normalized spacial score (nSPS) is 35.4. The summed E-state index contributed by atoms with van der Waals surface area (Å²) in [5.41, 5.74) is 5.65. The van der Waals surface area contributed by atoms with Gasteiger partial charge < -0.3 is 5.73 Å². The summed E-state index contributed by atoms with van der Waals surface area (Å²) < 4.78 is 0. The first-order valence-corrected chi connectivity index (χ1v) is 6.51. The predicted molar refractivity (Wildman–Crippen MR) is 64.7 cm³/mol. The van der Waals surface area contributed by atoms with Crippen LogP contribution in [0.5, 0.6) is 0 Å². The van der Waals surface area contributed by atoms with E-state index in [2.05, 4.69) is 24.8 Å². The van der Waals surface area contributed by atoms with Crippen molar-refractivity contribution in [1.82, 2.24) is 4.90 Å². The Morgan fingerprint density at radius 1 is 1.38 bits per heavy atom. The van der Waals surface area contributed by atoms with E-state index in [1.54, 1.807) is 0 Å². The van der Waals surface area contributed by atoms with Gasteiger partial charge in [0, 0.05) is 12.6 Å². The summed E-state index contributed by atoms with van der Waals surface area (Å²) in [6.07, 6.45) is 4.84. The van der Waals surface area contributed by atoms with Crippen molar-refractivity contribution >= 4 is 0 Å². The van der Waals surface area contributed by atoms with Crippen molar-refractivity contribution in [3.05, 3.63) is 0 Å². The van der Waals surface area contributed by atoms with Gasteiger partial charge in [0.1, 0.15) is 5.54 Å². The van der Waals surface area contributed by atoms with Gasteiger partial charge in [-0.3, -0.25) is 4.90 Å². The Morgan fingerprint density at radius 3 is 2.62 bits per heavy atom. The molecule has 2 fully saturated rings. The second-order valence-electron chi connectivity index (χ2n) is 5.76. The largest absolute Gasteiger partial charge is 0.312 e. The van der Waals surface area contributed by atoms with E-state index in [1.165, 1.54) is 12.8 Å². The van der Waals surface area contributed by atoms with Crippen LogP contribution in [-0.4, -0.2) is 29.6 Å². The third kappa shape index (κ3) is 2.23. The average Bonchev–Trinajstić information content (AvgIpc) is 3.08. The Labute approximate surface area is 98.6 Å². The molecule has 0 aromatic rings. The van der Waals surface area contributed by atoms with Gasteiger partial charge in [0.15, 0.2) is 0 Å². The fourth-order valence-corrected chi connectivity index (χ4v) is 2.83. The minimum atomic E-state index is -0.592. The number of rotatable bonds is 3. The lowest BCUT2D eigenvalue weighted by Crippen LogP contribution is -2.55. The number of likely N-dealkylation sites (tertiary alicyclic amines) is 1. The molecule has 1 saturated heterocycles. The molecule has 0 aromatic heterocycles. The van der Waals surface area contributed by atoms with Gasteiger partial charge in [-0.15, -0.1) is 0 Å². The van der Waals surface area contributed by atoms with Crippen LogP contribution < -0.4 is 5.73 Å². The summed E-state index contributed by atoms with van der Waals surface area (Å²) in [6.45, 7) is 6.45. The van der Waals surface area contributed by atoms with Crippen LogP contribution in [0.1, 0.15) is 39.5 Å². The number of hydrogen-bond acceptors (Lipinski definition) is 3. The number of hydrogen-bond donors (Lipinski definition) is 1. The standard InChI is InChI=1S/C13H23N3/c1-10-4-3-7-16(11(10)2)9-13(15,8-14)12-5-6-12/h10-12H,3-7,9,15H2,1-2H3. The Hall–Kier alpha value is -0.590. The number of nitrogens with two attached hydrogens (primary N) is 1. The lowest BCUT2D eigenvalue weighted by molar-refractivity contribution is 0.0929. The van der Waals surface area contributed by atoms with E-state index in [-0.39, 0.29) is 0 Å². The Bertz CT molecular complexity index is 292. The molecular weight excluding hydrogens is 198 g/mol. The fraction of sp³-hybridized carbons (Fsp3) is 0.923. The Morgan fingerprint density at radius 2 is 2.06 bits per heavy atom. The van der Waals surface area contributed by atoms with Crippen molar-refractivity contribution in [1.29, 1.82) is 5.26 Å². The van der Waals surface area contributed by atoms with E-state index in [1.807, 2.05) is 0 Å². The smallest absolute Gasteiger partial charge is 0.119 e. The van der Waals surface area contributed by atoms with Gasteiger partial charge in [-0.05, 0) is 51.0 Å². The van der Waals surface area contributed by atoms with Crippen LogP contribution in [-0.2, 0) is 0 Å². The summed E-state index contributed by atoms with van der Waals surface area (Å²) in [5, 5.41) is 9.28. The quantitative estimate of drug-likeness (QED) is 0.789. The number of nitriles is 1. The zero-order valence-corrected chi connectivity index (χ0v) is 10.4. The van der Waals surface area contributed by atoms with Crippen molar-refractivity contribution < 1.29 is 0 Å². The van der Waals surface area contributed by atoms with Crippen LogP contribution in [0.25, 0.3) is 0 Å². The van der Waals surface area contributed by atoms with E-state index in [0.717, 1.165) is 31.8 Å². The molecule has 1 aliphatic heterocycles. The van der Waals surface area contributed by atoms with Crippen LogP contribution in [0.15, 0.2) is 0 Å². The number of piperidine rings is 1. The van der Waals surface area contributed by atoms with Crippen LogP contribution in [0, 0.1) is 23.2 Å². The highest BCUT2D eigenvalue weighted by molar-refractivity contribution is 5.15. The minimum absolute atomic E-state index is 0.446. The maximum Gasteiger partial charge on any atom is 0.119 e. The molecule has 0 spiro atoms. The van der Waals surface area contributed by atoms with E-state index >= 15 is 0 Å². The van der Waals surface area contributed by atoms with E-state index in [0.29, 0.717) is 12.0 Å². The third-order valence-corrected chi connectivity index (χ3v) is 4.48. The van der Waals surface area contributed by atoms with Crippen molar-refractivity contribution in [2.75, 3.05) is 13.1 Å². The van der Waals surface area contributed by atoms with Gasteiger partial charge in [-0.1, -0.05) is 6.92 Å². The van der Waals surface area contributed by atoms with Gasteiger partial charge >= 0.3 is 0 Å². The molecule has 3 heteroatoms. The Kier molecular flexibility index (Phi) is 3.23. The van der Waals surface area contributed by atoms with E-state index < -0.39 is 5.54 Å². The second kappa shape index (κ2) is 4.35. The molecular formula is C13H23N3. The highest BCUT2D eigenvalue weighted by Crippen LogP contribution is 2.39. The Balaban J connectivity index is 2.00.